The van der Waals surface area contributed by atoms with Crippen LogP contribution in [0.3, 0.4) is 0 Å². The van der Waals surface area contributed by atoms with E-state index in [0.29, 0.717) is 5.75 Å². The molecule has 0 aliphatic carbocycles. The smallest absolute Gasteiger partial charge is 0.234 e. The van der Waals surface area contributed by atoms with Gasteiger partial charge in [0.2, 0.25) is 5.91 Å². The number of aromatic nitrogens is 2. The topological polar surface area (TPSA) is 64.1 Å². The van der Waals surface area contributed by atoms with E-state index >= 15 is 0 Å². The van der Waals surface area contributed by atoms with Crippen LogP contribution in [0, 0.1) is 6.92 Å². The van der Waals surface area contributed by atoms with Crippen molar-refractivity contribution in [2.75, 3.05) is 18.2 Å². The first kappa shape index (κ1) is 13.8. The third-order valence-corrected chi connectivity index (χ3v) is 4.18. The van der Waals surface area contributed by atoms with Crippen molar-refractivity contribution in [3.05, 3.63) is 29.3 Å². The standard InChI is InChI=1S/C12H13N3O2S2/c1-8-14-15-12(19-8)18-7-11(16)13-9-3-5-10(17-2)6-4-9/h3-6H,7H2,1-2H3,(H,13,16). The molecule has 0 spiro atoms. The van der Waals surface area contributed by atoms with E-state index < -0.39 is 0 Å². The van der Waals surface area contributed by atoms with Crippen molar-refractivity contribution in [2.24, 2.45) is 0 Å². The number of amides is 1. The number of ether oxygens (including phenoxy) is 1. The minimum atomic E-state index is -0.0666. The average molecular weight is 295 g/mol. The molecule has 1 heterocycles. The van der Waals surface area contributed by atoms with E-state index in [4.69, 9.17) is 4.74 Å². The van der Waals surface area contributed by atoms with Gasteiger partial charge in [0.25, 0.3) is 0 Å². The average Bonchev–Trinajstić information content (AvgIpc) is 2.83. The molecule has 0 atom stereocenters. The van der Waals surface area contributed by atoms with Gasteiger partial charge in [-0.05, 0) is 31.2 Å². The number of rotatable bonds is 5. The fraction of sp³-hybridized carbons (Fsp3) is 0.250. The molecule has 0 aliphatic rings. The molecule has 2 rings (SSSR count). The largest absolute Gasteiger partial charge is 0.497 e. The lowest BCUT2D eigenvalue weighted by atomic mass is 10.3. The number of anilines is 1. The predicted octanol–water partition coefficient (Wildman–Crippen LogP) is 2.59. The number of carbonyl (C=O) groups excluding carboxylic acids is 1. The fourth-order valence-corrected chi connectivity index (χ4v) is 2.95. The van der Waals surface area contributed by atoms with Gasteiger partial charge in [0, 0.05) is 5.69 Å². The summed E-state index contributed by atoms with van der Waals surface area (Å²) in [6, 6.07) is 7.21. The highest BCUT2D eigenvalue weighted by atomic mass is 32.2. The van der Waals surface area contributed by atoms with E-state index in [2.05, 4.69) is 15.5 Å². The van der Waals surface area contributed by atoms with Gasteiger partial charge in [-0.25, -0.2) is 0 Å². The molecule has 0 radical (unpaired) electrons. The molecule has 100 valence electrons. The summed E-state index contributed by atoms with van der Waals surface area (Å²) in [5.41, 5.74) is 0.750. The Hall–Kier alpha value is -1.60. The number of benzene rings is 1. The zero-order chi connectivity index (χ0) is 13.7. The maximum atomic E-state index is 11.7. The Kier molecular flexibility index (Phi) is 4.75. The molecule has 0 saturated heterocycles. The third-order valence-electron chi connectivity index (χ3n) is 2.21. The summed E-state index contributed by atoms with van der Waals surface area (Å²) in [4.78, 5) is 11.7. The number of carbonyl (C=O) groups is 1. The molecule has 0 aliphatic heterocycles. The molecule has 2 aromatic rings. The van der Waals surface area contributed by atoms with Crippen molar-refractivity contribution in [3.63, 3.8) is 0 Å². The van der Waals surface area contributed by atoms with E-state index in [1.807, 2.05) is 6.92 Å². The Balaban J connectivity index is 1.83. The van der Waals surface area contributed by atoms with E-state index in [0.717, 1.165) is 20.8 Å². The second kappa shape index (κ2) is 6.53. The van der Waals surface area contributed by atoms with E-state index in [1.54, 1.807) is 31.4 Å². The Labute approximate surface area is 119 Å². The van der Waals surface area contributed by atoms with Gasteiger partial charge in [-0.2, -0.15) is 0 Å². The van der Waals surface area contributed by atoms with E-state index in [1.165, 1.54) is 23.1 Å². The lowest BCUT2D eigenvalue weighted by molar-refractivity contribution is -0.113. The van der Waals surface area contributed by atoms with Crippen LogP contribution in [0.25, 0.3) is 0 Å². The minimum absolute atomic E-state index is 0.0666. The Morgan fingerprint density at radius 1 is 1.37 bits per heavy atom. The lowest BCUT2D eigenvalue weighted by Gasteiger charge is -2.05. The van der Waals surface area contributed by atoms with Crippen LogP contribution in [0.1, 0.15) is 5.01 Å². The number of nitrogens with zero attached hydrogens (tertiary/aromatic N) is 2. The number of methoxy groups -OCH3 is 1. The Morgan fingerprint density at radius 2 is 2.11 bits per heavy atom. The molecule has 19 heavy (non-hydrogen) atoms. The summed E-state index contributed by atoms with van der Waals surface area (Å²) in [6.07, 6.45) is 0. The lowest BCUT2D eigenvalue weighted by Crippen LogP contribution is -2.13. The van der Waals surface area contributed by atoms with Crippen LogP contribution in [0.15, 0.2) is 28.6 Å². The molecule has 0 saturated carbocycles. The zero-order valence-corrected chi connectivity index (χ0v) is 12.2. The zero-order valence-electron chi connectivity index (χ0n) is 10.5. The van der Waals surface area contributed by atoms with E-state index in [9.17, 15) is 4.79 Å². The molecule has 1 amide bonds. The SMILES string of the molecule is COc1ccc(NC(=O)CSc2nnc(C)s2)cc1. The molecule has 7 heteroatoms. The molecule has 1 N–H and O–H groups in total. The van der Waals surface area contributed by atoms with Gasteiger partial charge in [-0.15, -0.1) is 10.2 Å². The summed E-state index contributed by atoms with van der Waals surface area (Å²) in [5.74, 6) is 1.01. The molecular weight excluding hydrogens is 282 g/mol. The van der Waals surface area contributed by atoms with Crippen molar-refractivity contribution < 1.29 is 9.53 Å². The van der Waals surface area contributed by atoms with Gasteiger partial charge in [0.15, 0.2) is 4.34 Å². The second-order valence-electron chi connectivity index (χ2n) is 3.65. The normalized spacial score (nSPS) is 10.2. The van der Waals surface area contributed by atoms with Gasteiger partial charge in [0.05, 0.1) is 12.9 Å². The maximum Gasteiger partial charge on any atom is 0.234 e. The van der Waals surface area contributed by atoms with Gasteiger partial charge in [-0.1, -0.05) is 23.1 Å². The maximum absolute atomic E-state index is 11.7. The number of nitrogens with one attached hydrogen (secondary N) is 1. The van der Waals surface area contributed by atoms with Gasteiger partial charge >= 0.3 is 0 Å². The first-order chi connectivity index (χ1) is 9.17. The number of thioether (sulfide) groups is 1. The van der Waals surface area contributed by atoms with Crippen molar-refractivity contribution in [3.8, 4) is 5.75 Å². The van der Waals surface area contributed by atoms with Gasteiger partial charge in [-0.3, -0.25) is 4.79 Å². The van der Waals surface area contributed by atoms with Crippen LogP contribution in [0.2, 0.25) is 0 Å². The van der Waals surface area contributed by atoms with Crippen LogP contribution in [0.5, 0.6) is 5.75 Å². The first-order valence-corrected chi connectivity index (χ1v) is 7.34. The minimum Gasteiger partial charge on any atom is -0.497 e. The quantitative estimate of drug-likeness (QED) is 0.859. The van der Waals surface area contributed by atoms with Crippen molar-refractivity contribution in [2.45, 2.75) is 11.3 Å². The van der Waals surface area contributed by atoms with Crippen LogP contribution in [-0.4, -0.2) is 29.0 Å². The van der Waals surface area contributed by atoms with Gasteiger partial charge in [0.1, 0.15) is 10.8 Å². The summed E-state index contributed by atoms with van der Waals surface area (Å²) in [7, 11) is 1.61. The molecule has 1 aromatic heterocycles. The molecule has 0 unspecified atom stereocenters. The molecule has 0 bridgehead atoms. The number of hydrogen-bond donors (Lipinski definition) is 1. The van der Waals surface area contributed by atoms with Crippen molar-refractivity contribution in [1.29, 1.82) is 0 Å². The molecule has 0 fully saturated rings. The predicted molar refractivity (Wildman–Crippen MR) is 77.0 cm³/mol. The van der Waals surface area contributed by atoms with Crippen molar-refractivity contribution >= 4 is 34.7 Å². The fourth-order valence-electron chi connectivity index (χ4n) is 1.34. The summed E-state index contributed by atoms with van der Waals surface area (Å²) >= 11 is 2.87. The third kappa shape index (κ3) is 4.22. The summed E-state index contributed by atoms with van der Waals surface area (Å²) in [6.45, 7) is 1.89. The molecular formula is C12H13N3O2S2. The highest BCUT2D eigenvalue weighted by molar-refractivity contribution is 8.01. The first-order valence-electron chi connectivity index (χ1n) is 5.54. The van der Waals surface area contributed by atoms with Gasteiger partial charge < -0.3 is 10.1 Å². The highest BCUT2D eigenvalue weighted by Gasteiger charge is 2.07. The number of hydrogen-bond acceptors (Lipinski definition) is 6. The van der Waals surface area contributed by atoms with Crippen LogP contribution in [0.4, 0.5) is 5.69 Å². The van der Waals surface area contributed by atoms with Crippen LogP contribution in [-0.2, 0) is 4.79 Å². The van der Waals surface area contributed by atoms with Crippen molar-refractivity contribution in [1.82, 2.24) is 10.2 Å². The second-order valence-corrected chi connectivity index (χ2v) is 6.06. The Bertz CT molecular complexity index is 554. The highest BCUT2D eigenvalue weighted by Crippen LogP contribution is 2.22. The monoisotopic (exact) mass is 295 g/mol. The van der Waals surface area contributed by atoms with Crippen LogP contribution < -0.4 is 10.1 Å². The summed E-state index contributed by atoms with van der Waals surface area (Å²) < 4.78 is 5.86. The molecule has 1 aromatic carbocycles. The molecule has 5 nitrogen and oxygen atoms in total. The van der Waals surface area contributed by atoms with E-state index in [-0.39, 0.29) is 5.91 Å². The summed E-state index contributed by atoms with van der Waals surface area (Å²) in [5, 5.41) is 11.6. The van der Waals surface area contributed by atoms with Crippen LogP contribution >= 0.6 is 23.1 Å². The Morgan fingerprint density at radius 3 is 2.68 bits per heavy atom. The number of aryl methyl sites for hydroxylation is 1.